The lowest BCUT2D eigenvalue weighted by Crippen LogP contribution is -2.33. The Labute approximate surface area is 122 Å². The largest absolute Gasteiger partial charge is 0.481 e. The van der Waals surface area contributed by atoms with Crippen LogP contribution in [0, 0.1) is 0 Å². The molecule has 0 spiro atoms. The Morgan fingerprint density at radius 1 is 1.24 bits per heavy atom. The molecule has 0 aliphatic rings. The van der Waals surface area contributed by atoms with Crippen LogP contribution >= 0.6 is 0 Å². The maximum Gasteiger partial charge on any atom is 0.321 e. The zero-order valence-electron chi connectivity index (χ0n) is 12.0. The molecule has 0 aromatic heterocycles. The van der Waals surface area contributed by atoms with E-state index in [-0.39, 0.29) is 31.4 Å². The van der Waals surface area contributed by atoms with Gasteiger partial charge in [-0.2, -0.15) is 0 Å². The molecule has 0 aliphatic heterocycles. The molecule has 2 amide bonds. The minimum atomic E-state index is -0.908. The van der Waals surface area contributed by atoms with E-state index in [1.54, 1.807) is 31.3 Å². The lowest BCUT2D eigenvalue weighted by molar-refractivity contribution is -0.140. The number of carboxylic acids is 1. The van der Waals surface area contributed by atoms with Crippen molar-refractivity contribution in [1.29, 1.82) is 0 Å². The average molecular weight is 294 g/mol. The summed E-state index contributed by atoms with van der Waals surface area (Å²) in [5, 5.41) is 11.3. The summed E-state index contributed by atoms with van der Waals surface area (Å²) in [6, 6.07) is 6.18. The third-order valence-corrected chi connectivity index (χ3v) is 2.79. The van der Waals surface area contributed by atoms with Crippen LogP contribution in [0.5, 0.6) is 0 Å². The average Bonchev–Trinajstić information content (AvgIpc) is 2.45. The van der Waals surface area contributed by atoms with Crippen molar-refractivity contribution in [3.05, 3.63) is 29.8 Å². The van der Waals surface area contributed by atoms with Gasteiger partial charge in [0.15, 0.2) is 0 Å². The molecule has 0 atom stereocenters. The normalized spacial score (nSPS) is 9.81. The van der Waals surface area contributed by atoms with Crippen molar-refractivity contribution in [2.45, 2.75) is 12.8 Å². The van der Waals surface area contributed by atoms with Crippen LogP contribution in [-0.4, -0.2) is 48.7 Å². The van der Waals surface area contributed by atoms with Crippen LogP contribution < -0.4 is 5.32 Å². The minimum absolute atomic E-state index is 0.0622. The fraction of sp³-hybridized carbons (Fsp3) is 0.357. The zero-order valence-corrected chi connectivity index (χ0v) is 12.0. The van der Waals surface area contributed by atoms with Crippen molar-refractivity contribution in [1.82, 2.24) is 4.90 Å². The second kappa shape index (κ2) is 7.88. The van der Waals surface area contributed by atoms with Crippen LogP contribution in [0.1, 0.15) is 12.0 Å². The molecular formula is C14H18N2O5. The van der Waals surface area contributed by atoms with Crippen molar-refractivity contribution in [2.75, 3.05) is 26.0 Å². The summed E-state index contributed by atoms with van der Waals surface area (Å²) in [6.45, 7) is 0.246. The highest BCUT2D eigenvalue weighted by atomic mass is 16.5. The van der Waals surface area contributed by atoms with Crippen molar-refractivity contribution in [3.63, 3.8) is 0 Å². The topological polar surface area (TPSA) is 95.9 Å². The minimum Gasteiger partial charge on any atom is -0.481 e. The number of benzene rings is 1. The van der Waals surface area contributed by atoms with E-state index in [1.807, 2.05) is 0 Å². The quantitative estimate of drug-likeness (QED) is 0.772. The summed E-state index contributed by atoms with van der Waals surface area (Å²) in [6.07, 6.45) is 0.0607. The number of carboxylic acid groups (broad SMARTS) is 1. The molecule has 0 heterocycles. The SMILES string of the molecule is COC(=O)CCN(C)C(=O)Nc1ccc(CC(=O)O)cc1. The number of carbonyl (C=O) groups excluding carboxylic acids is 2. The summed E-state index contributed by atoms with van der Waals surface area (Å²) in [5.41, 5.74) is 1.21. The summed E-state index contributed by atoms with van der Waals surface area (Å²) in [5.74, 6) is -1.29. The molecule has 7 nitrogen and oxygen atoms in total. The van der Waals surface area contributed by atoms with E-state index in [9.17, 15) is 14.4 Å². The van der Waals surface area contributed by atoms with Gasteiger partial charge in [-0.15, -0.1) is 0 Å². The molecule has 0 radical (unpaired) electrons. The predicted molar refractivity (Wildman–Crippen MR) is 76.1 cm³/mol. The summed E-state index contributed by atoms with van der Waals surface area (Å²) >= 11 is 0. The lowest BCUT2D eigenvalue weighted by Gasteiger charge is -2.17. The van der Waals surface area contributed by atoms with Gasteiger partial charge in [-0.25, -0.2) is 4.79 Å². The van der Waals surface area contributed by atoms with Gasteiger partial charge in [0.25, 0.3) is 0 Å². The standard InChI is InChI=1S/C14H18N2O5/c1-16(8-7-13(19)21-2)14(20)15-11-5-3-10(4-6-11)9-12(17)18/h3-6H,7-9H2,1-2H3,(H,15,20)(H,17,18). The molecule has 0 aliphatic carbocycles. The van der Waals surface area contributed by atoms with E-state index in [1.165, 1.54) is 12.0 Å². The number of methoxy groups -OCH3 is 1. The molecular weight excluding hydrogens is 276 g/mol. The predicted octanol–water partition coefficient (Wildman–Crippen LogP) is 1.34. The van der Waals surface area contributed by atoms with Gasteiger partial charge >= 0.3 is 18.0 Å². The Balaban J connectivity index is 2.50. The van der Waals surface area contributed by atoms with Gasteiger partial charge in [-0.3, -0.25) is 9.59 Å². The number of ether oxygens (including phenoxy) is 1. The molecule has 0 bridgehead atoms. The Morgan fingerprint density at radius 3 is 2.38 bits per heavy atom. The molecule has 1 rings (SSSR count). The highest BCUT2D eigenvalue weighted by molar-refractivity contribution is 5.89. The van der Waals surface area contributed by atoms with Gasteiger partial charge in [-0.05, 0) is 17.7 Å². The molecule has 7 heteroatoms. The van der Waals surface area contributed by atoms with Crippen LogP contribution in [0.25, 0.3) is 0 Å². The molecule has 0 unspecified atom stereocenters. The number of nitrogens with zero attached hydrogens (tertiary/aromatic N) is 1. The Hall–Kier alpha value is -2.57. The number of rotatable bonds is 6. The van der Waals surface area contributed by atoms with Crippen LogP contribution in [-0.2, 0) is 20.7 Å². The molecule has 1 aromatic carbocycles. The van der Waals surface area contributed by atoms with Crippen LogP contribution in [0.3, 0.4) is 0 Å². The molecule has 0 saturated carbocycles. The maximum absolute atomic E-state index is 11.8. The highest BCUT2D eigenvalue weighted by Gasteiger charge is 2.11. The van der Waals surface area contributed by atoms with Gasteiger partial charge in [-0.1, -0.05) is 12.1 Å². The van der Waals surface area contributed by atoms with E-state index in [0.717, 1.165) is 0 Å². The van der Waals surface area contributed by atoms with Crippen molar-refractivity contribution >= 4 is 23.7 Å². The van der Waals surface area contributed by atoms with E-state index in [0.29, 0.717) is 11.3 Å². The number of urea groups is 1. The first kappa shape index (κ1) is 16.5. The zero-order chi connectivity index (χ0) is 15.8. The van der Waals surface area contributed by atoms with Gasteiger partial charge in [0, 0.05) is 19.3 Å². The lowest BCUT2D eigenvalue weighted by atomic mass is 10.1. The maximum atomic E-state index is 11.8. The summed E-state index contributed by atoms with van der Waals surface area (Å²) < 4.78 is 4.50. The first-order valence-electron chi connectivity index (χ1n) is 6.32. The second-order valence-electron chi connectivity index (χ2n) is 4.45. The fourth-order valence-electron chi connectivity index (χ4n) is 1.56. The molecule has 1 aromatic rings. The summed E-state index contributed by atoms with van der Waals surface area (Å²) in [4.78, 5) is 34.8. The number of esters is 1. The monoisotopic (exact) mass is 294 g/mol. The van der Waals surface area contributed by atoms with E-state index >= 15 is 0 Å². The molecule has 114 valence electrons. The first-order chi connectivity index (χ1) is 9.92. The Kier molecular flexibility index (Phi) is 6.19. The molecule has 0 fully saturated rings. The fourth-order valence-corrected chi connectivity index (χ4v) is 1.56. The third-order valence-electron chi connectivity index (χ3n) is 2.79. The smallest absolute Gasteiger partial charge is 0.321 e. The van der Waals surface area contributed by atoms with E-state index < -0.39 is 5.97 Å². The number of hydrogen-bond donors (Lipinski definition) is 2. The molecule has 2 N–H and O–H groups in total. The van der Waals surface area contributed by atoms with Crippen molar-refractivity contribution in [3.8, 4) is 0 Å². The third kappa shape index (κ3) is 5.94. The van der Waals surface area contributed by atoms with E-state index in [2.05, 4.69) is 10.1 Å². The van der Waals surface area contributed by atoms with E-state index in [4.69, 9.17) is 5.11 Å². The number of amides is 2. The van der Waals surface area contributed by atoms with Crippen molar-refractivity contribution in [2.24, 2.45) is 0 Å². The number of anilines is 1. The van der Waals surface area contributed by atoms with Crippen LogP contribution in [0.2, 0.25) is 0 Å². The molecule has 0 saturated heterocycles. The number of aliphatic carboxylic acids is 1. The van der Waals surface area contributed by atoms with Gasteiger partial charge in [0.2, 0.25) is 0 Å². The van der Waals surface area contributed by atoms with Gasteiger partial charge in [0.05, 0.1) is 20.0 Å². The highest BCUT2D eigenvalue weighted by Crippen LogP contribution is 2.11. The Morgan fingerprint density at radius 2 is 1.86 bits per heavy atom. The van der Waals surface area contributed by atoms with Gasteiger partial charge in [0.1, 0.15) is 0 Å². The van der Waals surface area contributed by atoms with Gasteiger partial charge < -0.3 is 20.1 Å². The van der Waals surface area contributed by atoms with Crippen LogP contribution in [0.15, 0.2) is 24.3 Å². The van der Waals surface area contributed by atoms with Crippen LogP contribution in [0.4, 0.5) is 10.5 Å². The number of carbonyl (C=O) groups is 3. The van der Waals surface area contributed by atoms with Crippen molar-refractivity contribution < 1.29 is 24.2 Å². The number of nitrogens with one attached hydrogen (secondary N) is 1. The number of hydrogen-bond acceptors (Lipinski definition) is 4. The second-order valence-corrected chi connectivity index (χ2v) is 4.45. The first-order valence-corrected chi connectivity index (χ1v) is 6.32. The Bertz CT molecular complexity index is 513. The molecule has 21 heavy (non-hydrogen) atoms. The summed E-state index contributed by atoms with van der Waals surface area (Å²) in [7, 11) is 2.86.